The van der Waals surface area contributed by atoms with E-state index in [9.17, 15) is 0 Å². The van der Waals surface area contributed by atoms with Crippen LogP contribution in [-0.4, -0.2) is 50.8 Å². The van der Waals surface area contributed by atoms with Crippen LogP contribution in [0.4, 0.5) is 0 Å². The third kappa shape index (κ3) is 8.58. The van der Waals surface area contributed by atoms with E-state index in [-0.39, 0.29) is 0 Å². The van der Waals surface area contributed by atoms with Crippen LogP contribution in [0.25, 0.3) is 0 Å². The second-order valence-electron chi connectivity index (χ2n) is 5.47. The summed E-state index contributed by atoms with van der Waals surface area (Å²) in [5.41, 5.74) is 0. The highest BCUT2D eigenvalue weighted by Gasteiger charge is 2.09. The number of rotatable bonds is 10. The van der Waals surface area contributed by atoms with E-state index in [0.29, 0.717) is 5.92 Å². The summed E-state index contributed by atoms with van der Waals surface area (Å²) in [4.78, 5) is 2.58. The van der Waals surface area contributed by atoms with Gasteiger partial charge in [0, 0.05) is 13.2 Å². The minimum atomic E-state index is 0.656. The molecule has 0 atom stereocenters. The average molecular weight is 242 g/mol. The maximum absolute atomic E-state index is 5.53. The van der Waals surface area contributed by atoms with E-state index in [2.05, 4.69) is 24.1 Å². The quantitative estimate of drug-likeness (QED) is 0.594. The Morgan fingerprint density at radius 2 is 1.82 bits per heavy atom. The molecule has 0 amide bonds. The van der Waals surface area contributed by atoms with Crippen LogP contribution in [0.1, 0.15) is 39.5 Å². The molecule has 1 fully saturated rings. The molecule has 17 heavy (non-hydrogen) atoms. The Kier molecular flexibility index (Phi) is 8.67. The lowest BCUT2D eigenvalue weighted by Crippen LogP contribution is -2.25. The Balaban J connectivity index is 1.72. The highest BCUT2D eigenvalue weighted by molar-refractivity contribution is 4.66. The summed E-state index contributed by atoms with van der Waals surface area (Å²) in [6.07, 6.45) is 5.23. The molecule has 0 aromatic carbocycles. The Labute approximate surface area is 107 Å². The monoisotopic (exact) mass is 242 g/mol. The van der Waals surface area contributed by atoms with E-state index in [1.807, 2.05) is 0 Å². The van der Waals surface area contributed by atoms with Gasteiger partial charge in [0.15, 0.2) is 0 Å². The molecule has 1 aliphatic rings. The number of ether oxygens (including phenoxy) is 1. The third-order valence-corrected chi connectivity index (χ3v) is 3.12. The minimum Gasteiger partial charge on any atom is -0.381 e. The van der Waals surface area contributed by atoms with Crippen LogP contribution >= 0.6 is 0 Å². The Hall–Kier alpha value is -0.120. The van der Waals surface area contributed by atoms with Gasteiger partial charge in [0.25, 0.3) is 0 Å². The summed E-state index contributed by atoms with van der Waals surface area (Å²) >= 11 is 0. The van der Waals surface area contributed by atoms with E-state index >= 15 is 0 Å². The first-order chi connectivity index (χ1) is 8.29. The van der Waals surface area contributed by atoms with Gasteiger partial charge in [0.05, 0.1) is 0 Å². The molecule has 0 saturated carbocycles. The third-order valence-electron chi connectivity index (χ3n) is 3.12. The van der Waals surface area contributed by atoms with Crippen molar-refractivity contribution in [1.29, 1.82) is 0 Å². The maximum atomic E-state index is 5.53. The van der Waals surface area contributed by atoms with Crippen molar-refractivity contribution in [3.05, 3.63) is 0 Å². The van der Waals surface area contributed by atoms with Crippen LogP contribution in [0.3, 0.4) is 0 Å². The largest absolute Gasteiger partial charge is 0.381 e. The van der Waals surface area contributed by atoms with Crippen molar-refractivity contribution in [3.8, 4) is 0 Å². The summed E-state index contributed by atoms with van der Waals surface area (Å²) < 4.78 is 5.53. The van der Waals surface area contributed by atoms with Crippen LogP contribution in [-0.2, 0) is 4.74 Å². The number of nitrogens with zero attached hydrogens (tertiary/aromatic N) is 1. The van der Waals surface area contributed by atoms with Crippen molar-refractivity contribution in [2.75, 3.05) is 45.9 Å². The van der Waals surface area contributed by atoms with E-state index in [1.54, 1.807) is 0 Å². The molecule has 1 rings (SSSR count). The fourth-order valence-corrected chi connectivity index (χ4v) is 2.18. The van der Waals surface area contributed by atoms with E-state index in [0.717, 1.165) is 32.7 Å². The van der Waals surface area contributed by atoms with Crippen LogP contribution in [0.5, 0.6) is 0 Å². The lowest BCUT2D eigenvalue weighted by atomic mass is 10.2. The highest BCUT2D eigenvalue weighted by Crippen LogP contribution is 2.06. The maximum Gasteiger partial charge on any atom is 0.0489 e. The first-order valence-corrected chi connectivity index (χ1v) is 7.30. The molecular formula is C14H30N2O. The highest BCUT2D eigenvalue weighted by atomic mass is 16.5. The molecule has 3 nitrogen and oxygen atoms in total. The van der Waals surface area contributed by atoms with Gasteiger partial charge < -0.3 is 15.0 Å². The van der Waals surface area contributed by atoms with Gasteiger partial charge >= 0.3 is 0 Å². The average Bonchev–Trinajstić information content (AvgIpc) is 2.79. The zero-order valence-electron chi connectivity index (χ0n) is 11.7. The number of hydrogen-bond donors (Lipinski definition) is 1. The first-order valence-electron chi connectivity index (χ1n) is 7.30. The second-order valence-corrected chi connectivity index (χ2v) is 5.47. The van der Waals surface area contributed by atoms with Crippen molar-refractivity contribution >= 4 is 0 Å². The van der Waals surface area contributed by atoms with Crippen molar-refractivity contribution in [2.45, 2.75) is 39.5 Å². The predicted octanol–water partition coefficient (Wildman–Crippen LogP) is 2.12. The molecule has 0 unspecified atom stereocenters. The van der Waals surface area contributed by atoms with Gasteiger partial charge in [-0.3, -0.25) is 0 Å². The van der Waals surface area contributed by atoms with Gasteiger partial charge in [-0.15, -0.1) is 0 Å². The molecular weight excluding hydrogens is 212 g/mol. The molecule has 0 spiro atoms. The normalized spacial score (nSPS) is 17.1. The van der Waals surface area contributed by atoms with Crippen LogP contribution < -0.4 is 5.32 Å². The molecule has 0 aromatic heterocycles. The molecule has 1 N–H and O–H groups in total. The Bertz CT molecular complexity index is 168. The molecule has 0 radical (unpaired) electrons. The lowest BCUT2D eigenvalue weighted by Gasteiger charge is -2.14. The molecule has 102 valence electrons. The van der Waals surface area contributed by atoms with Gasteiger partial charge in [0.2, 0.25) is 0 Å². The standard InChI is InChI=1S/C14H30N2O/c1-14(2)13-17-12-6-8-15-7-5-11-16-9-3-4-10-16/h14-15H,3-13H2,1-2H3. The molecule has 0 aromatic rings. The summed E-state index contributed by atoms with van der Waals surface area (Å²) in [6, 6.07) is 0. The first kappa shape index (κ1) is 14.9. The van der Waals surface area contributed by atoms with Crippen molar-refractivity contribution in [1.82, 2.24) is 10.2 Å². The van der Waals surface area contributed by atoms with Crippen molar-refractivity contribution in [2.24, 2.45) is 5.92 Å². The molecule has 1 aliphatic heterocycles. The van der Waals surface area contributed by atoms with Crippen LogP contribution in [0.2, 0.25) is 0 Å². The van der Waals surface area contributed by atoms with E-state index < -0.39 is 0 Å². The molecule has 0 aliphatic carbocycles. The SMILES string of the molecule is CC(C)COCCCNCCCN1CCCC1. The second kappa shape index (κ2) is 9.86. The van der Waals surface area contributed by atoms with Gasteiger partial charge in [-0.2, -0.15) is 0 Å². The topological polar surface area (TPSA) is 24.5 Å². The summed E-state index contributed by atoms with van der Waals surface area (Å²) in [5, 5.41) is 3.49. The summed E-state index contributed by atoms with van der Waals surface area (Å²) in [6.45, 7) is 12.3. The van der Waals surface area contributed by atoms with Crippen LogP contribution in [0.15, 0.2) is 0 Å². The smallest absolute Gasteiger partial charge is 0.0489 e. The van der Waals surface area contributed by atoms with E-state index in [1.165, 1.54) is 38.9 Å². The van der Waals surface area contributed by atoms with Gasteiger partial charge in [-0.25, -0.2) is 0 Å². The van der Waals surface area contributed by atoms with Crippen molar-refractivity contribution in [3.63, 3.8) is 0 Å². The predicted molar refractivity (Wildman–Crippen MR) is 73.4 cm³/mol. The Morgan fingerprint density at radius 3 is 2.53 bits per heavy atom. The zero-order valence-corrected chi connectivity index (χ0v) is 11.7. The van der Waals surface area contributed by atoms with Gasteiger partial charge in [-0.05, 0) is 64.3 Å². The number of nitrogens with one attached hydrogen (secondary N) is 1. The summed E-state index contributed by atoms with van der Waals surface area (Å²) in [5.74, 6) is 0.656. The Morgan fingerprint density at radius 1 is 1.12 bits per heavy atom. The minimum absolute atomic E-state index is 0.656. The molecule has 1 saturated heterocycles. The van der Waals surface area contributed by atoms with Gasteiger partial charge in [0.1, 0.15) is 0 Å². The summed E-state index contributed by atoms with van der Waals surface area (Å²) in [7, 11) is 0. The lowest BCUT2D eigenvalue weighted by molar-refractivity contribution is 0.108. The van der Waals surface area contributed by atoms with E-state index in [4.69, 9.17) is 4.74 Å². The molecule has 1 heterocycles. The molecule has 3 heteroatoms. The fraction of sp³-hybridized carbons (Fsp3) is 1.00. The van der Waals surface area contributed by atoms with Crippen molar-refractivity contribution < 1.29 is 4.74 Å². The fourth-order valence-electron chi connectivity index (χ4n) is 2.18. The number of hydrogen-bond acceptors (Lipinski definition) is 3. The molecule has 0 bridgehead atoms. The number of likely N-dealkylation sites (tertiary alicyclic amines) is 1. The zero-order chi connectivity index (χ0) is 12.3. The van der Waals surface area contributed by atoms with Crippen LogP contribution in [0, 0.1) is 5.92 Å². The van der Waals surface area contributed by atoms with Gasteiger partial charge in [-0.1, -0.05) is 13.8 Å².